The monoisotopic (exact) mass is 459 g/mol. The first-order valence-corrected chi connectivity index (χ1v) is 11.4. The molecule has 1 aliphatic rings. The van der Waals surface area contributed by atoms with Crippen molar-refractivity contribution < 1.29 is 9.18 Å². The zero-order valence-corrected chi connectivity index (χ0v) is 19.4. The van der Waals surface area contributed by atoms with E-state index in [0.29, 0.717) is 16.9 Å². The third-order valence-electron chi connectivity index (χ3n) is 6.04. The van der Waals surface area contributed by atoms with Gasteiger partial charge in [0.05, 0.1) is 22.8 Å². The van der Waals surface area contributed by atoms with Gasteiger partial charge in [0.25, 0.3) is 5.91 Å². The van der Waals surface area contributed by atoms with Gasteiger partial charge in [-0.2, -0.15) is 0 Å². The SMILES string of the molecule is Cc1nc2ccc(-c3nc(Nc4ccc(C(=O)N5CCCC5)cn4)ncc3F)cc2n1C(C)C. The minimum absolute atomic E-state index is 0.0110. The summed E-state index contributed by atoms with van der Waals surface area (Å²) >= 11 is 0. The van der Waals surface area contributed by atoms with E-state index in [1.54, 1.807) is 12.1 Å². The smallest absolute Gasteiger partial charge is 0.255 e. The van der Waals surface area contributed by atoms with Gasteiger partial charge in [-0.25, -0.2) is 24.3 Å². The second-order valence-electron chi connectivity index (χ2n) is 8.77. The van der Waals surface area contributed by atoms with Crippen LogP contribution < -0.4 is 5.32 Å². The van der Waals surface area contributed by atoms with Crippen LogP contribution in [0.4, 0.5) is 16.2 Å². The van der Waals surface area contributed by atoms with Gasteiger partial charge in [0.1, 0.15) is 17.3 Å². The van der Waals surface area contributed by atoms with Crippen molar-refractivity contribution in [1.29, 1.82) is 0 Å². The Morgan fingerprint density at radius 1 is 1.06 bits per heavy atom. The first-order chi connectivity index (χ1) is 16.4. The molecule has 1 fully saturated rings. The summed E-state index contributed by atoms with van der Waals surface area (Å²) in [5, 5.41) is 3.01. The highest BCUT2D eigenvalue weighted by Gasteiger charge is 2.20. The molecule has 0 radical (unpaired) electrons. The molecular formula is C25H26FN7O. The molecule has 0 aliphatic carbocycles. The number of fused-ring (bicyclic) bond motifs is 1. The van der Waals surface area contributed by atoms with Gasteiger partial charge in [0.2, 0.25) is 5.95 Å². The second-order valence-corrected chi connectivity index (χ2v) is 8.77. The number of hydrogen-bond acceptors (Lipinski definition) is 6. The van der Waals surface area contributed by atoms with E-state index in [-0.39, 0.29) is 23.6 Å². The van der Waals surface area contributed by atoms with Gasteiger partial charge in [0.15, 0.2) is 5.82 Å². The number of rotatable bonds is 5. The van der Waals surface area contributed by atoms with E-state index in [4.69, 9.17) is 0 Å². The molecule has 1 N–H and O–H groups in total. The maximum absolute atomic E-state index is 14.7. The van der Waals surface area contributed by atoms with Crippen molar-refractivity contribution >= 4 is 28.7 Å². The number of amides is 1. The molecule has 0 unspecified atom stereocenters. The number of aryl methyl sites for hydroxylation is 1. The van der Waals surface area contributed by atoms with Crippen LogP contribution in [0.3, 0.4) is 0 Å². The Bertz CT molecular complexity index is 1360. The lowest BCUT2D eigenvalue weighted by Crippen LogP contribution is -2.27. The van der Waals surface area contributed by atoms with E-state index in [0.717, 1.165) is 49.0 Å². The second kappa shape index (κ2) is 8.81. The van der Waals surface area contributed by atoms with Gasteiger partial charge in [-0.15, -0.1) is 0 Å². The number of pyridine rings is 1. The van der Waals surface area contributed by atoms with Crippen LogP contribution in [0.25, 0.3) is 22.3 Å². The predicted octanol–water partition coefficient (Wildman–Crippen LogP) is 4.90. The first kappa shape index (κ1) is 21.9. The minimum Gasteiger partial charge on any atom is -0.339 e. The van der Waals surface area contributed by atoms with E-state index in [1.165, 1.54) is 6.20 Å². The third-order valence-corrected chi connectivity index (χ3v) is 6.04. The van der Waals surface area contributed by atoms with Gasteiger partial charge in [-0.1, -0.05) is 6.07 Å². The van der Waals surface area contributed by atoms with E-state index in [9.17, 15) is 9.18 Å². The summed E-state index contributed by atoms with van der Waals surface area (Å²) in [6, 6.07) is 9.24. The first-order valence-electron chi connectivity index (χ1n) is 11.4. The Hall–Kier alpha value is -3.88. The van der Waals surface area contributed by atoms with Crippen molar-refractivity contribution in [2.45, 2.75) is 39.7 Å². The third kappa shape index (κ3) is 4.09. The Kier molecular flexibility index (Phi) is 5.69. The van der Waals surface area contributed by atoms with Crippen molar-refractivity contribution in [2.75, 3.05) is 18.4 Å². The van der Waals surface area contributed by atoms with Crippen LogP contribution >= 0.6 is 0 Å². The molecule has 4 heterocycles. The van der Waals surface area contributed by atoms with Crippen LogP contribution in [-0.2, 0) is 0 Å². The lowest BCUT2D eigenvalue weighted by molar-refractivity contribution is 0.0792. The number of nitrogens with one attached hydrogen (secondary N) is 1. The van der Waals surface area contributed by atoms with E-state index >= 15 is 0 Å². The Balaban J connectivity index is 1.41. The van der Waals surface area contributed by atoms with Gasteiger partial charge in [-0.05, 0) is 57.9 Å². The fourth-order valence-electron chi connectivity index (χ4n) is 4.45. The molecule has 0 atom stereocenters. The average molecular weight is 460 g/mol. The Labute approximate surface area is 196 Å². The standard InChI is InChI=1S/C25H26FN7O/c1-15(2)33-16(3)29-20-8-6-17(12-21(20)33)23-19(26)14-28-25(31-23)30-22-9-7-18(13-27-22)24(34)32-10-4-5-11-32/h6-9,12-15H,4-5,10-11H2,1-3H3,(H,27,28,30,31). The summed E-state index contributed by atoms with van der Waals surface area (Å²) in [7, 11) is 0. The predicted molar refractivity (Wildman–Crippen MR) is 128 cm³/mol. The molecule has 0 saturated carbocycles. The Morgan fingerprint density at radius 2 is 1.85 bits per heavy atom. The molecule has 4 aromatic rings. The average Bonchev–Trinajstić information content (AvgIpc) is 3.47. The summed E-state index contributed by atoms with van der Waals surface area (Å²) in [5.74, 6) is 1.07. The summed E-state index contributed by atoms with van der Waals surface area (Å²) in [6.07, 6.45) is 4.76. The lowest BCUT2D eigenvalue weighted by atomic mass is 10.1. The quantitative estimate of drug-likeness (QED) is 0.457. The number of carbonyl (C=O) groups is 1. The van der Waals surface area contributed by atoms with Gasteiger partial charge in [0, 0.05) is 30.9 Å². The molecule has 1 saturated heterocycles. The van der Waals surface area contributed by atoms with Crippen LogP contribution in [-0.4, -0.2) is 48.4 Å². The number of halogens is 1. The maximum Gasteiger partial charge on any atom is 0.255 e. The maximum atomic E-state index is 14.7. The highest BCUT2D eigenvalue weighted by atomic mass is 19.1. The summed E-state index contributed by atoms with van der Waals surface area (Å²) in [5.41, 5.74) is 3.15. The number of likely N-dealkylation sites (tertiary alicyclic amines) is 1. The summed E-state index contributed by atoms with van der Waals surface area (Å²) in [6.45, 7) is 7.71. The van der Waals surface area contributed by atoms with Crippen molar-refractivity contribution in [1.82, 2.24) is 29.4 Å². The molecule has 1 aromatic carbocycles. The highest BCUT2D eigenvalue weighted by molar-refractivity contribution is 5.94. The van der Waals surface area contributed by atoms with Crippen LogP contribution in [0.2, 0.25) is 0 Å². The van der Waals surface area contributed by atoms with Crippen LogP contribution in [0.1, 0.15) is 48.9 Å². The number of aromatic nitrogens is 5. The number of imidazole rings is 1. The molecule has 3 aromatic heterocycles. The molecule has 0 spiro atoms. The molecule has 1 amide bonds. The summed E-state index contributed by atoms with van der Waals surface area (Å²) in [4.78, 5) is 31.7. The topological polar surface area (TPSA) is 88.8 Å². The van der Waals surface area contributed by atoms with E-state index in [1.807, 2.05) is 30.0 Å². The highest BCUT2D eigenvalue weighted by Crippen LogP contribution is 2.28. The molecule has 174 valence electrons. The van der Waals surface area contributed by atoms with Crippen LogP contribution in [0.5, 0.6) is 0 Å². The van der Waals surface area contributed by atoms with Crippen molar-refractivity contribution in [3.05, 3.63) is 59.9 Å². The Morgan fingerprint density at radius 3 is 2.56 bits per heavy atom. The zero-order chi connectivity index (χ0) is 23.8. The van der Waals surface area contributed by atoms with E-state index in [2.05, 4.69) is 43.7 Å². The van der Waals surface area contributed by atoms with Gasteiger partial charge < -0.3 is 14.8 Å². The van der Waals surface area contributed by atoms with Crippen LogP contribution in [0, 0.1) is 12.7 Å². The number of nitrogens with zero attached hydrogens (tertiary/aromatic N) is 6. The number of carbonyl (C=O) groups excluding carboxylic acids is 1. The molecule has 34 heavy (non-hydrogen) atoms. The summed E-state index contributed by atoms with van der Waals surface area (Å²) < 4.78 is 16.8. The molecule has 9 heteroatoms. The fourth-order valence-corrected chi connectivity index (χ4v) is 4.45. The molecule has 5 rings (SSSR count). The van der Waals surface area contributed by atoms with Crippen molar-refractivity contribution in [3.63, 3.8) is 0 Å². The van der Waals surface area contributed by atoms with Gasteiger partial charge in [-0.3, -0.25) is 4.79 Å². The van der Waals surface area contributed by atoms with Crippen molar-refractivity contribution in [3.8, 4) is 11.3 Å². The number of hydrogen-bond donors (Lipinski definition) is 1. The number of anilines is 2. The zero-order valence-electron chi connectivity index (χ0n) is 19.4. The largest absolute Gasteiger partial charge is 0.339 e. The lowest BCUT2D eigenvalue weighted by Gasteiger charge is -2.15. The molecule has 1 aliphatic heterocycles. The normalized spacial score (nSPS) is 13.7. The van der Waals surface area contributed by atoms with E-state index < -0.39 is 5.82 Å². The van der Waals surface area contributed by atoms with Crippen LogP contribution in [0.15, 0.2) is 42.7 Å². The molecule has 0 bridgehead atoms. The fraction of sp³-hybridized carbons (Fsp3) is 0.320. The minimum atomic E-state index is -0.517. The number of benzene rings is 1. The molecular weight excluding hydrogens is 433 g/mol. The molecule has 8 nitrogen and oxygen atoms in total. The van der Waals surface area contributed by atoms with Crippen molar-refractivity contribution in [2.24, 2.45) is 0 Å². The van der Waals surface area contributed by atoms with Gasteiger partial charge >= 0.3 is 0 Å².